The molecule has 2 N–H and O–H groups in total. The number of thiol groups is 1. The second kappa shape index (κ2) is 12.5. The Kier molecular flexibility index (Phi) is 8.89. The van der Waals surface area contributed by atoms with E-state index in [9.17, 15) is 8.42 Å². The van der Waals surface area contributed by atoms with Gasteiger partial charge in [-0.2, -0.15) is 4.39 Å². The summed E-state index contributed by atoms with van der Waals surface area (Å²) in [6.45, 7) is 1.41. The molecule has 0 saturated carbocycles. The van der Waals surface area contributed by atoms with Gasteiger partial charge in [0.2, 0.25) is 28.5 Å². The number of likely N-dealkylation sites (N-methyl/N-ethyl adjacent to an activating group) is 1. The second-order valence-corrected chi connectivity index (χ2v) is 9.24. The van der Waals surface area contributed by atoms with Crippen LogP contribution in [0.25, 0.3) is 11.3 Å². The molecule has 2 aromatic carbocycles. The summed E-state index contributed by atoms with van der Waals surface area (Å²) in [5.74, 6) is -2.53. The van der Waals surface area contributed by atoms with Gasteiger partial charge in [0, 0.05) is 31.0 Å². The number of nitrogens with zero attached hydrogens (tertiary/aromatic N) is 4. The van der Waals surface area contributed by atoms with E-state index in [1.54, 1.807) is 54.7 Å². The van der Waals surface area contributed by atoms with Crippen LogP contribution in [0.2, 0.25) is 0 Å². The highest BCUT2D eigenvalue weighted by molar-refractivity contribution is 7.70. The van der Waals surface area contributed by atoms with Crippen LogP contribution in [0, 0.1) is 11.6 Å². The minimum Gasteiger partial charge on any atom is -0.435 e. The van der Waals surface area contributed by atoms with Gasteiger partial charge >= 0.3 is 0 Å². The summed E-state index contributed by atoms with van der Waals surface area (Å²) in [7, 11) is 0.812. The van der Waals surface area contributed by atoms with Gasteiger partial charge in [-0.15, -0.1) is 0 Å². The topological polar surface area (TPSA) is 109 Å². The molecule has 0 amide bonds. The lowest BCUT2D eigenvalue weighted by Crippen LogP contribution is -2.22. The zero-order chi connectivity index (χ0) is 27.1. The largest absolute Gasteiger partial charge is 0.435 e. The summed E-state index contributed by atoms with van der Waals surface area (Å²) in [6.07, 6.45) is 3.03. The Morgan fingerprint density at radius 3 is 2.47 bits per heavy atom. The van der Waals surface area contributed by atoms with Crippen LogP contribution in [0.15, 0.2) is 73.1 Å². The van der Waals surface area contributed by atoms with Crippen LogP contribution in [0.5, 0.6) is 11.6 Å². The van der Waals surface area contributed by atoms with Crippen molar-refractivity contribution < 1.29 is 21.9 Å². The van der Waals surface area contributed by atoms with E-state index >= 15 is 8.78 Å². The Hall–Kier alpha value is -4.00. The zero-order valence-corrected chi connectivity index (χ0v) is 21.5. The standard InChI is InChI=1S/C26H26F2N6O3S/c1-34(2)16-15-31-26-30-14-12-20(32-26)18-9-6-13-29-25(18)37-21-11-10-19(22(27)23(21)28)24(33-38(35)36)17-7-4-3-5-8-17/h3-14,24,38H,15-16H2,1-2H3,(H,30,31,32)(H,33,35,36). The fourth-order valence-corrected chi connectivity index (χ4v) is 4.18. The molecular weight excluding hydrogens is 514 g/mol. The maximum atomic E-state index is 15.3. The number of benzene rings is 2. The summed E-state index contributed by atoms with van der Waals surface area (Å²) >= 11 is 0. The van der Waals surface area contributed by atoms with E-state index in [0.29, 0.717) is 29.3 Å². The number of hydrogen-bond acceptors (Lipinski definition) is 8. The Morgan fingerprint density at radius 1 is 0.947 bits per heavy atom. The highest BCUT2D eigenvalue weighted by atomic mass is 32.2. The van der Waals surface area contributed by atoms with E-state index in [-0.39, 0.29) is 11.4 Å². The Labute approximate surface area is 220 Å². The molecule has 0 radical (unpaired) electrons. The average Bonchev–Trinajstić information content (AvgIpc) is 2.91. The van der Waals surface area contributed by atoms with Gasteiger partial charge in [-0.25, -0.2) is 32.5 Å². The molecule has 0 saturated heterocycles. The number of rotatable bonds is 11. The van der Waals surface area contributed by atoms with Gasteiger partial charge in [0.05, 0.1) is 17.3 Å². The van der Waals surface area contributed by atoms with Crippen molar-refractivity contribution in [2.24, 2.45) is 0 Å². The first-order chi connectivity index (χ1) is 18.3. The van der Waals surface area contributed by atoms with E-state index in [2.05, 4.69) is 25.0 Å². The number of hydrogen-bond donors (Lipinski definition) is 3. The molecule has 2 heterocycles. The quantitative estimate of drug-likeness (QED) is 0.247. The van der Waals surface area contributed by atoms with Crippen molar-refractivity contribution in [1.29, 1.82) is 0 Å². The molecule has 198 valence electrons. The highest BCUT2D eigenvalue weighted by Crippen LogP contribution is 2.35. The molecule has 1 unspecified atom stereocenters. The van der Waals surface area contributed by atoms with E-state index in [1.807, 2.05) is 19.0 Å². The van der Waals surface area contributed by atoms with E-state index in [1.165, 1.54) is 18.3 Å². The summed E-state index contributed by atoms with van der Waals surface area (Å²) in [5, 5.41) is 3.13. The van der Waals surface area contributed by atoms with Gasteiger partial charge in [-0.05, 0) is 43.9 Å². The van der Waals surface area contributed by atoms with Gasteiger partial charge in [-0.3, -0.25) is 0 Å². The Morgan fingerprint density at radius 2 is 1.74 bits per heavy atom. The van der Waals surface area contributed by atoms with Crippen molar-refractivity contribution in [3.63, 3.8) is 0 Å². The molecule has 1 atom stereocenters. The lowest BCUT2D eigenvalue weighted by atomic mass is 9.99. The molecule has 0 bridgehead atoms. The molecule has 0 aliphatic rings. The average molecular weight is 541 g/mol. The van der Waals surface area contributed by atoms with E-state index < -0.39 is 34.3 Å². The van der Waals surface area contributed by atoms with Crippen LogP contribution in [-0.2, 0) is 10.9 Å². The summed E-state index contributed by atoms with van der Waals surface area (Å²) in [6, 6.07) is 14.7. The molecule has 0 aliphatic heterocycles. The number of halogens is 2. The summed E-state index contributed by atoms with van der Waals surface area (Å²) in [5.41, 5.74) is 1.18. The second-order valence-electron chi connectivity index (χ2n) is 8.46. The van der Waals surface area contributed by atoms with Crippen molar-refractivity contribution in [2.45, 2.75) is 6.04 Å². The molecule has 2 aromatic heterocycles. The maximum absolute atomic E-state index is 15.3. The molecule has 38 heavy (non-hydrogen) atoms. The molecule has 4 aromatic rings. The number of aromatic nitrogens is 3. The molecule has 4 rings (SSSR count). The summed E-state index contributed by atoms with van der Waals surface area (Å²) in [4.78, 5) is 14.9. The smallest absolute Gasteiger partial charge is 0.228 e. The Balaban J connectivity index is 1.63. The van der Waals surface area contributed by atoms with Crippen molar-refractivity contribution >= 4 is 16.8 Å². The summed E-state index contributed by atoms with van der Waals surface area (Å²) < 4.78 is 61.3. The van der Waals surface area contributed by atoms with E-state index in [4.69, 9.17) is 4.74 Å². The third-order valence-electron chi connectivity index (χ3n) is 5.51. The number of ether oxygens (including phenoxy) is 1. The lowest BCUT2D eigenvalue weighted by molar-refractivity contribution is 0.402. The molecule has 9 nitrogen and oxygen atoms in total. The minimum absolute atomic E-state index is 0.0110. The maximum Gasteiger partial charge on any atom is 0.228 e. The van der Waals surface area contributed by atoms with Crippen LogP contribution in [-0.4, -0.2) is 55.5 Å². The van der Waals surface area contributed by atoms with Crippen molar-refractivity contribution in [1.82, 2.24) is 24.6 Å². The first-order valence-corrected chi connectivity index (χ1v) is 12.8. The van der Waals surface area contributed by atoms with Crippen LogP contribution < -0.4 is 14.8 Å². The molecular formula is C26H26F2N6O3S. The van der Waals surface area contributed by atoms with Gasteiger partial charge in [0.1, 0.15) is 0 Å². The third kappa shape index (κ3) is 6.65. The van der Waals surface area contributed by atoms with Crippen LogP contribution >= 0.6 is 0 Å². The Bertz CT molecular complexity index is 1460. The molecule has 0 fully saturated rings. The van der Waals surface area contributed by atoms with Gasteiger partial charge < -0.3 is 15.0 Å². The first-order valence-electron chi connectivity index (χ1n) is 11.6. The van der Waals surface area contributed by atoms with Crippen molar-refractivity contribution in [2.75, 3.05) is 32.5 Å². The minimum atomic E-state index is -3.10. The lowest BCUT2D eigenvalue weighted by Gasteiger charge is -2.18. The monoisotopic (exact) mass is 540 g/mol. The van der Waals surface area contributed by atoms with Gasteiger partial charge in [0.25, 0.3) is 0 Å². The SMILES string of the molecule is CN(C)CCNc1nccc(-c2cccnc2Oc2ccc(C(N[SH](=O)=O)c3ccccc3)c(F)c2F)n1. The molecule has 0 aliphatic carbocycles. The first kappa shape index (κ1) is 27.0. The normalized spacial score (nSPS) is 12.1. The number of pyridine rings is 1. The molecule has 0 spiro atoms. The highest BCUT2D eigenvalue weighted by Gasteiger charge is 2.24. The predicted molar refractivity (Wildman–Crippen MR) is 140 cm³/mol. The van der Waals surface area contributed by atoms with Gasteiger partial charge in [0.15, 0.2) is 11.6 Å². The fraction of sp³-hybridized carbons (Fsp3) is 0.192. The van der Waals surface area contributed by atoms with Crippen LogP contribution in [0.4, 0.5) is 14.7 Å². The fourth-order valence-electron chi connectivity index (χ4n) is 3.68. The number of nitrogens with one attached hydrogen (secondary N) is 2. The van der Waals surface area contributed by atoms with Crippen LogP contribution in [0.3, 0.4) is 0 Å². The molecule has 12 heteroatoms. The zero-order valence-electron chi connectivity index (χ0n) is 20.6. The predicted octanol–water partition coefficient (Wildman–Crippen LogP) is 3.79. The van der Waals surface area contributed by atoms with Crippen LogP contribution in [0.1, 0.15) is 17.2 Å². The number of anilines is 1. The third-order valence-corrected chi connectivity index (χ3v) is 5.98. The van der Waals surface area contributed by atoms with Gasteiger partial charge in [-0.1, -0.05) is 36.4 Å². The van der Waals surface area contributed by atoms with Crippen molar-refractivity contribution in [3.05, 3.63) is 95.8 Å². The van der Waals surface area contributed by atoms with Crippen molar-refractivity contribution in [3.8, 4) is 22.9 Å². The van der Waals surface area contributed by atoms with E-state index in [0.717, 1.165) is 6.54 Å².